The summed E-state index contributed by atoms with van der Waals surface area (Å²) in [5.74, 6) is -0.719. The zero-order valence-corrected chi connectivity index (χ0v) is 22.5. The van der Waals surface area contributed by atoms with Crippen molar-refractivity contribution in [3.63, 3.8) is 0 Å². The molecule has 5 rings (SSSR count). The summed E-state index contributed by atoms with van der Waals surface area (Å²) >= 11 is 0. The van der Waals surface area contributed by atoms with Gasteiger partial charge in [-0.05, 0) is 63.6 Å². The van der Waals surface area contributed by atoms with Crippen LogP contribution in [0.25, 0.3) is 0 Å². The molecule has 206 valence electrons. The van der Waals surface area contributed by atoms with E-state index < -0.39 is 23.8 Å². The van der Waals surface area contributed by atoms with Crippen molar-refractivity contribution in [2.24, 2.45) is 5.92 Å². The minimum atomic E-state index is -0.907. The molecule has 10 heteroatoms. The molecule has 2 amide bonds. The number of amides is 2. The van der Waals surface area contributed by atoms with Crippen LogP contribution in [0.5, 0.6) is 0 Å². The van der Waals surface area contributed by atoms with Crippen molar-refractivity contribution in [2.75, 3.05) is 44.3 Å². The fourth-order valence-electron chi connectivity index (χ4n) is 6.19. The van der Waals surface area contributed by atoms with Gasteiger partial charge in [-0.2, -0.15) is 5.26 Å². The first-order chi connectivity index (χ1) is 18.1. The molecule has 1 saturated carbocycles. The monoisotopic (exact) mass is 527 g/mol. The lowest BCUT2D eigenvalue weighted by atomic mass is 9.97. The molecule has 4 aliphatic rings. The molecule has 1 N–H and O–H groups in total. The standard InChI is InChI=1S/C28H38FN5O4/c1-28(2,3)38-27(36)34-22-7-5-19(13-22)25(34)26(35)31-20(15-30)12-18-4-6-21(14-24(18)29)32-8-10-33(11-9-32)23-16-37-17-23/h4,6,14,19-20,22-23,25H,5,7-13,16-17H2,1-3H3,(H,31,35)/t19-,20-,22+,25-/m0/s1. The third kappa shape index (κ3) is 5.59. The van der Waals surface area contributed by atoms with Gasteiger partial charge >= 0.3 is 6.09 Å². The van der Waals surface area contributed by atoms with E-state index in [0.717, 1.165) is 64.3 Å². The number of anilines is 1. The Morgan fingerprint density at radius 3 is 2.53 bits per heavy atom. The van der Waals surface area contributed by atoms with Crippen LogP contribution in [0.3, 0.4) is 0 Å². The summed E-state index contributed by atoms with van der Waals surface area (Å²) in [5, 5.41) is 12.5. The van der Waals surface area contributed by atoms with Crippen LogP contribution < -0.4 is 10.2 Å². The van der Waals surface area contributed by atoms with Crippen LogP contribution in [0.2, 0.25) is 0 Å². The molecular formula is C28H38FN5O4. The Bertz CT molecular complexity index is 1090. The van der Waals surface area contributed by atoms with Crippen molar-refractivity contribution in [1.82, 2.24) is 15.1 Å². The molecule has 0 unspecified atom stereocenters. The normalized spacial score (nSPS) is 26.6. The highest BCUT2D eigenvalue weighted by molar-refractivity contribution is 5.87. The Kier molecular flexibility index (Phi) is 7.51. The lowest BCUT2D eigenvalue weighted by molar-refractivity contribution is -0.128. The average Bonchev–Trinajstić information content (AvgIpc) is 3.45. The number of nitrogens with one attached hydrogen (secondary N) is 1. The molecule has 4 atom stereocenters. The van der Waals surface area contributed by atoms with Crippen LogP contribution in [0.15, 0.2) is 18.2 Å². The summed E-state index contributed by atoms with van der Waals surface area (Å²) in [6.45, 7) is 10.5. The molecular weight excluding hydrogens is 489 g/mol. The molecule has 1 aromatic carbocycles. The van der Waals surface area contributed by atoms with Crippen molar-refractivity contribution < 1.29 is 23.5 Å². The third-order valence-corrected chi connectivity index (χ3v) is 8.21. The molecule has 4 fully saturated rings. The number of likely N-dealkylation sites (tertiary alicyclic amines) is 1. The highest BCUT2D eigenvalue weighted by atomic mass is 19.1. The minimum absolute atomic E-state index is 0.0277. The Morgan fingerprint density at radius 1 is 1.18 bits per heavy atom. The molecule has 0 spiro atoms. The van der Waals surface area contributed by atoms with Gasteiger partial charge in [0.25, 0.3) is 0 Å². The number of carbonyl (C=O) groups excluding carboxylic acids is 2. The van der Waals surface area contributed by atoms with Gasteiger partial charge in [-0.25, -0.2) is 9.18 Å². The number of hydrogen-bond acceptors (Lipinski definition) is 7. The van der Waals surface area contributed by atoms with Gasteiger partial charge in [-0.15, -0.1) is 0 Å². The summed E-state index contributed by atoms with van der Waals surface area (Å²) in [6.07, 6.45) is 2.02. The number of ether oxygens (including phenoxy) is 2. The van der Waals surface area contributed by atoms with E-state index in [2.05, 4.69) is 21.2 Å². The third-order valence-electron chi connectivity index (χ3n) is 8.21. The zero-order chi connectivity index (χ0) is 27.0. The number of fused-ring (bicyclic) bond motifs is 2. The van der Waals surface area contributed by atoms with Crippen molar-refractivity contribution in [3.8, 4) is 6.07 Å². The van der Waals surface area contributed by atoms with Crippen LogP contribution in [0.1, 0.15) is 45.6 Å². The fourth-order valence-corrected chi connectivity index (χ4v) is 6.19. The van der Waals surface area contributed by atoms with Gasteiger partial charge in [0.1, 0.15) is 23.5 Å². The Balaban J connectivity index is 1.20. The van der Waals surface area contributed by atoms with E-state index in [9.17, 15) is 14.9 Å². The van der Waals surface area contributed by atoms with Gasteiger partial charge in [0, 0.05) is 44.3 Å². The number of carbonyl (C=O) groups is 2. The van der Waals surface area contributed by atoms with Gasteiger partial charge in [-0.1, -0.05) is 6.07 Å². The first-order valence-corrected chi connectivity index (χ1v) is 13.7. The number of piperazine rings is 1. The summed E-state index contributed by atoms with van der Waals surface area (Å²) < 4.78 is 26.0. The second-order valence-corrected chi connectivity index (χ2v) is 11.9. The van der Waals surface area contributed by atoms with Crippen LogP contribution in [0.4, 0.5) is 14.9 Å². The average molecular weight is 528 g/mol. The van der Waals surface area contributed by atoms with Crippen LogP contribution >= 0.6 is 0 Å². The van der Waals surface area contributed by atoms with Gasteiger partial charge in [-0.3, -0.25) is 14.6 Å². The molecule has 1 aliphatic carbocycles. The lowest BCUT2D eigenvalue weighted by Gasteiger charge is -2.43. The Labute approximate surface area is 223 Å². The van der Waals surface area contributed by atoms with E-state index >= 15 is 4.39 Å². The summed E-state index contributed by atoms with van der Waals surface area (Å²) in [5.41, 5.74) is 0.531. The minimum Gasteiger partial charge on any atom is -0.444 e. The molecule has 3 heterocycles. The van der Waals surface area contributed by atoms with Gasteiger partial charge in [0.05, 0.1) is 25.3 Å². The van der Waals surface area contributed by atoms with Crippen molar-refractivity contribution >= 4 is 17.7 Å². The van der Waals surface area contributed by atoms with Crippen LogP contribution in [-0.2, 0) is 20.7 Å². The highest BCUT2D eigenvalue weighted by Crippen LogP contribution is 2.43. The largest absolute Gasteiger partial charge is 0.444 e. The predicted octanol–water partition coefficient (Wildman–Crippen LogP) is 2.69. The first kappa shape index (κ1) is 26.7. The quantitative estimate of drug-likeness (QED) is 0.608. The molecule has 3 saturated heterocycles. The maximum absolute atomic E-state index is 15.1. The summed E-state index contributed by atoms with van der Waals surface area (Å²) in [7, 11) is 0. The van der Waals surface area contributed by atoms with Crippen LogP contribution in [0, 0.1) is 23.1 Å². The van der Waals surface area contributed by atoms with Crippen molar-refractivity contribution in [2.45, 2.75) is 76.2 Å². The highest BCUT2D eigenvalue weighted by Gasteiger charge is 2.52. The molecule has 3 aliphatic heterocycles. The second-order valence-electron chi connectivity index (χ2n) is 11.9. The number of hydrogen-bond donors (Lipinski definition) is 1. The van der Waals surface area contributed by atoms with E-state index in [1.807, 2.05) is 6.07 Å². The predicted molar refractivity (Wildman–Crippen MR) is 139 cm³/mol. The molecule has 0 aromatic heterocycles. The molecule has 1 aromatic rings. The smallest absolute Gasteiger partial charge is 0.411 e. The van der Waals surface area contributed by atoms with E-state index in [-0.39, 0.29) is 30.1 Å². The lowest BCUT2D eigenvalue weighted by Crippen LogP contribution is -2.56. The molecule has 38 heavy (non-hydrogen) atoms. The van der Waals surface area contributed by atoms with E-state index in [4.69, 9.17) is 9.47 Å². The van der Waals surface area contributed by atoms with Gasteiger partial charge < -0.3 is 19.7 Å². The summed E-state index contributed by atoms with van der Waals surface area (Å²) in [4.78, 5) is 32.3. The Morgan fingerprint density at radius 2 is 1.92 bits per heavy atom. The number of nitriles is 1. The Hall–Kier alpha value is -2.90. The molecule has 0 radical (unpaired) electrons. The number of nitrogens with zero attached hydrogens (tertiary/aromatic N) is 4. The van der Waals surface area contributed by atoms with Crippen molar-refractivity contribution in [3.05, 3.63) is 29.6 Å². The van der Waals surface area contributed by atoms with E-state index in [1.54, 1.807) is 31.7 Å². The maximum atomic E-state index is 15.1. The van der Waals surface area contributed by atoms with E-state index in [1.165, 1.54) is 6.07 Å². The first-order valence-electron chi connectivity index (χ1n) is 13.7. The van der Waals surface area contributed by atoms with E-state index in [0.29, 0.717) is 11.6 Å². The number of benzene rings is 1. The summed E-state index contributed by atoms with van der Waals surface area (Å²) in [6, 6.07) is 6.12. The zero-order valence-electron chi connectivity index (χ0n) is 22.5. The molecule has 9 nitrogen and oxygen atoms in total. The second kappa shape index (κ2) is 10.7. The fraction of sp³-hybridized carbons (Fsp3) is 0.679. The van der Waals surface area contributed by atoms with Gasteiger partial charge in [0.2, 0.25) is 5.91 Å². The number of halogens is 1. The SMILES string of the molecule is CC(C)(C)OC(=O)N1[C@@H]2CC[C@@H](C2)[C@H]1C(=O)N[C@H](C#N)Cc1ccc(N2CCN(C3COC3)CC2)cc1F. The van der Waals surface area contributed by atoms with Crippen LogP contribution in [-0.4, -0.2) is 91.0 Å². The van der Waals surface area contributed by atoms with Gasteiger partial charge in [0.15, 0.2) is 0 Å². The topological polar surface area (TPSA) is 98.1 Å². The number of piperidine rings is 1. The van der Waals surface area contributed by atoms with Crippen molar-refractivity contribution in [1.29, 1.82) is 5.26 Å². The maximum Gasteiger partial charge on any atom is 0.411 e. The number of rotatable bonds is 6. The molecule has 2 bridgehead atoms.